The van der Waals surface area contributed by atoms with Crippen molar-refractivity contribution in [1.29, 1.82) is 0 Å². The first-order valence-corrected chi connectivity index (χ1v) is 7.75. The quantitative estimate of drug-likeness (QED) is 0.916. The van der Waals surface area contributed by atoms with Crippen molar-refractivity contribution in [2.75, 3.05) is 32.1 Å². The van der Waals surface area contributed by atoms with Crippen molar-refractivity contribution in [2.24, 2.45) is 0 Å². The molecule has 1 aromatic rings. The van der Waals surface area contributed by atoms with Gasteiger partial charge in [-0.1, -0.05) is 0 Å². The first-order valence-electron chi connectivity index (χ1n) is 7.75. The number of aryl methyl sites for hydroxylation is 1. The Balaban J connectivity index is 2.02. The Kier molecular flexibility index (Phi) is 4.84. The molecular weight excluding hydrogens is 262 g/mol. The second-order valence-electron chi connectivity index (χ2n) is 7.24. The maximum Gasteiger partial charge on any atom is 0.225 e. The summed E-state index contributed by atoms with van der Waals surface area (Å²) in [5, 5.41) is 3.49. The van der Waals surface area contributed by atoms with Gasteiger partial charge in [0.25, 0.3) is 0 Å². The van der Waals surface area contributed by atoms with Crippen molar-refractivity contribution < 1.29 is 0 Å². The summed E-state index contributed by atoms with van der Waals surface area (Å²) in [5.41, 5.74) is 2.36. The topological polar surface area (TPSA) is 44.3 Å². The van der Waals surface area contributed by atoms with Crippen LogP contribution in [0.1, 0.15) is 38.4 Å². The van der Waals surface area contributed by atoms with Crippen LogP contribution in [0, 0.1) is 6.92 Å². The predicted molar refractivity (Wildman–Crippen MR) is 87.7 cm³/mol. The average molecular weight is 291 g/mol. The van der Waals surface area contributed by atoms with Gasteiger partial charge in [-0.15, -0.1) is 0 Å². The van der Waals surface area contributed by atoms with E-state index in [2.05, 4.69) is 61.9 Å². The van der Waals surface area contributed by atoms with E-state index < -0.39 is 0 Å². The Bertz CT molecular complexity index is 478. The number of nitrogens with one attached hydrogen (secondary N) is 1. The minimum absolute atomic E-state index is 0.110. The van der Waals surface area contributed by atoms with Crippen molar-refractivity contribution in [3.05, 3.63) is 17.5 Å². The molecule has 2 rings (SSSR count). The van der Waals surface area contributed by atoms with Gasteiger partial charge in [0.2, 0.25) is 5.95 Å². The highest BCUT2D eigenvalue weighted by Crippen LogP contribution is 2.19. The van der Waals surface area contributed by atoms with E-state index in [1.807, 2.05) is 6.20 Å². The number of hydrogen-bond donors (Lipinski definition) is 1. The molecule has 5 heteroatoms. The van der Waals surface area contributed by atoms with Crippen LogP contribution in [0.15, 0.2) is 6.20 Å². The molecular formula is C16H29N5. The highest BCUT2D eigenvalue weighted by Gasteiger charge is 2.25. The molecule has 0 aromatic carbocycles. The highest BCUT2D eigenvalue weighted by atomic mass is 15.3. The number of hydrogen-bond acceptors (Lipinski definition) is 5. The van der Waals surface area contributed by atoms with Crippen LogP contribution in [-0.4, -0.2) is 53.6 Å². The SMILES string of the molecule is Cc1nc(N2CCC(N(C)C)C2)ncc1CNC(C)(C)C. The fraction of sp³-hybridized carbons (Fsp3) is 0.750. The molecule has 0 radical (unpaired) electrons. The zero-order valence-electron chi connectivity index (χ0n) is 14.3. The molecule has 1 atom stereocenters. The van der Waals surface area contributed by atoms with Gasteiger partial charge in [-0.25, -0.2) is 9.97 Å². The van der Waals surface area contributed by atoms with Gasteiger partial charge < -0.3 is 15.1 Å². The van der Waals surface area contributed by atoms with E-state index in [-0.39, 0.29) is 5.54 Å². The summed E-state index contributed by atoms with van der Waals surface area (Å²) in [5.74, 6) is 0.872. The minimum atomic E-state index is 0.110. The minimum Gasteiger partial charge on any atom is -0.339 e. The van der Waals surface area contributed by atoms with E-state index in [0.717, 1.165) is 31.3 Å². The zero-order chi connectivity index (χ0) is 15.6. The molecule has 1 unspecified atom stereocenters. The maximum atomic E-state index is 4.71. The lowest BCUT2D eigenvalue weighted by molar-refractivity contribution is 0.315. The third-order valence-corrected chi connectivity index (χ3v) is 4.05. The highest BCUT2D eigenvalue weighted by molar-refractivity contribution is 5.35. The summed E-state index contributed by atoms with van der Waals surface area (Å²) >= 11 is 0. The number of rotatable bonds is 4. The molecule has 0 bridgehead atoms. The standard InChI is InChI=1S/C16H29N5/c1-12-13(10-18-16(2,3)4)9-17-15(19-12)21-8-7-14(11-21)20(5)6/h9,14,18H,7-8,10-11H2,1-6H3. The molecule has 1 aliphatic rings. The molecule has 1 fully saturated rings. The van der Waals surface area contributed by atoms with Gasteiger partial charge in [-0.2, -0.15) is 0 Å². The van der Waals surface area contributed by atoms with Crippen LogP contribution >= 0.6 is 0 Å². The van der Waals surface area contributed by atoms with E-state index in [1.165, 1.54) is 12.0 Å². The van der Waals surface area contributed by atoms with Gasteiger partial charge in [-0.3, -0.25) is 0 Å². The Morgan fingerprint density at radius 2 is 2.10 bits per heavy atom. The Morgan fingerprint density at radius 3 is 2.62 bits per heavy atom. The van der Waals surface area contributed by atoms with Crippen molar-refractivity contribution in [3.8, 4) is 0 Å². The fourth-order valence-corrected chi connectivity index (χ4v) is 2.51. The fourth-order valence-electron chi connectivity index (χ4n) is 2.51. The zero-order valence-corrected chi connectivity index (χ0v) is 14.3. The van der Waals surface area contributed by atoms with Crippen LogP contribution in [0.2, 0.25) is 0 Å². The van der Waals surface area contributed by atoms with Gasteiger partial charge in [-0.05, 0) is 48.2 Å². The van der Waals surface area contributed by atoms with E-state index in [4.69, 9.17) is 4.98 Å². The molecule has 118 valence electrons. The lowest BCUT2D eigenvalue weighted by Crippen LogP contribution is -2.35. The predicted octanol–water partition coefficient (Wildman–Crippen LogP) is 1.81. The smallest absolute Gasteiger partial charge is 0.225 e. The number of anilines is 1. The average Bonchev–Trinajstić information content (AvgIpc) is 2.85. The Hall–Kier alpha value is -1.20. The van der Waals surface area contributed by atoms with Gasteiger partial charge >= 0.3 is 0 Å². The van der Waals surface area contributed by atoms with Crippen LogP contribution in [0.3, 0.4) is 0 Å². The molecule has 1 saturated heterocycles. The number of likely N-dealkylation sites (N-methyl/N-ethyl adjacent to an activating group) is 1. The first-order chi connectivity index (χ1) is 9.76. The monoisotopic (exact) mass is 291 g/mol. The molecule has 2 heterocycles. The number of aromatic nitrogens is 2. The van der Waals surface area contributed by atoms with Crippen molar-refractivity contribution >= 4 is 5.95 Å². The molecule has 21 heavy (non-hydrogen) atoms. The first kappa shape index (κ1) is 16.2. The summed E-state index contributed by atoms with van der Waals surface area (Å²) in [6.45, 7) is 11.5. The van der Waals surface area contributed by atoms with Crippen LogP contribution in [0.5, 0.6) is 0 Å². The maximum absolute atomic E-state index is 4.71. The summed E-state index contributed by atoms with van der Waals surface area (Å²) in [7, 11) is 4.28. The molecule has 1 N–H and O–H groups in total. The molecule has 5 nitrogen and oxygen atoms in total. The van der Waals surface area contributed by atoms with Crippen LogP contribution in [0.4, 0.5) is 5.95 Å². The lowest BCUT2D eigenvalue weighted by atomic mass is 10.1. The van der Waals surface area contributed by atoms with Crippen molar-refractivity contribution in [2.45, 2.75) is 52.2 Å². The number of nitrogens with zero attached hydrogens (tertiary/aromatic N) is 4. The third kappa shape index (κ3) is 4.38. The molecule has 0 aliphatic carbocycles. The second-order valence-corrected chi connectivity index (χ2v) is 7.24. The van der Waals surface area contributed by atoms with Crippen molar-refractivity contribution in [1.82, 2.24) is 20.2 Å². The van der Waals surface area contributed by atoms with E-state index in [1.54, 1.807) is 0 Å². The molecule has 1 aliphatic heterocycles. The largest absolute Gasteiger partial charge is 0.339 e. The second kappa shape index (κ2) is 6.28. The van der Waals surface area contributed by atoms with E-state index in [0.29, 0.717) is 6.04 Å². The van der Waals surface area contributed by atoms with Gasteiger partial charge in [0.05, 0.1) is 0 Å². The Morgan fingerprint density at radius 1 is 1.38 bits per heavy atom. The van der Waals surface area contributed by atoms with Gasteiger partial charge in [0.15, 0.2) is 0 Å². The molecule has 1 aromatic heterocycles. The molecule has 0 spiro atoms. The van der Waals surface area contributed by atoms with Crippen molar-refractivity contribution in [3.63, 3.8) is 0 Å². The van der Waals surface area contributed by atoms with Gasteiger partial charge in [0, 0.05) is 48.7 Å². The van der Waals surface area contributed by atoms with Crippen LogP contribution in [0.25, 0.3) is 0 Å². The Labute approximate surface area is 128 Å². The lowest BCUT2D eigenvalue weighted by Gasteiger charge is -2.22. The van der Waals surface area contributed by atoms with Gasteiger partial charge in [0.1, 0.15) is 0 Å². The summed E-state index contributed by atoms with van der Waals surface area (Å²) in [6, 6.07) is 0.608. The summed E-state index contributed by atoms with van der Waals surface area (Å²) in [6.07, 6.45) is 3.15. The van der Waals surface area contributed by atoms with E-state index >= 15 is 0 Å². The molecule has 0 saturated carbocycles. The normalized spacial score (nSPS) is 19.6. The van der Waals surface area contributed by atoms with Crippen LogP contribution in [-0.2, 0) is 6.54 Å². The third-order valence-electron chi connectivity index (χ3n) is 4.05. The summed E-state index contributed by atoms with van der Waals surface area (Å²) in [4.78, 5) is 13.9. The van der Waals surface area contributed by atoms with Crippen LogP contribution < -0.4 is 10.2 Å². The van der Waals surface area contributed by atoms with E-state index in [9.17, 15) is 0 Å². The molecule has 0 amide bonds. The summed E-state index contributed by atoms with van der Waals surface area (Å²) < 4.78 is 0.